The molecule has 0 atom stereocenters. The topological polar surface area (TPSA) is 114 Å². The van der Waals surface area contributed by atoms with E-state index in [1.807, 2.05) is 13.8 Å². The van der Waals surface area contributed by atoms with Gasteiger partial charge in [-0.3, -0.25) is 4.79 Å². The molecule has 3 N–H and O–H groups in total. The van der Waals surface area contributed by atoms with Crippen LogP contribution in [0.5, 0.6) is 11.5 Å². The number of hydrogen-bond acceptors (Lipinski definition) is 6. The number of amides is 1. The maximum absolute atomic E-state index is 11.8. The smallest absolute Gasteiger partial charge is 0.342 e. The monoisotopic (exact) mass is 319 g/mol. The zero-order valence-corrected chi connectivity index (χ0v) is 12.7. The highest BCUT2D eigenvalue weighted by Gasteiger charge is 2.16. The lowest BCUT2D eigenvalue weighted by Gasteiger charge is -2.12. The summed E-state index contributed by atoms with van der Waals surface area (Å²) in [5, 5.41) is 25.4. The summed E-state index contributed by atoms with van der Waals surface area (Å²) in [5.74, 6) is -1.51. The molecule has 0 saturated heterocycles. The van der Waals surface area contributed by atoms with Crippen molar-refractivity contribution in [3.63, 3.8) is 0 Å². The maximum atomic E-state index is 11.8. The number of aromatic hydroxyl groups is 2. The summed E-state index contributed by atoms with van der Waals surface area (Å²) < 4.78 is 6.45. The first-order valence-corrected chi connectivity index (χ1v) is 6.91. The van der Waals surface area contributed by atoms with Gasteiger partial charge in [0.05, 0.1) is 6.20 Å². The minimum Gasteiger partial charge on any atom is -0.508 e. The van der Waals surface area contributed by atoms with E-state index in [1.54, 1.807) is 16.9 Å². The molecule has 1 aromatic carbocycles. The SMILES string of the molecule is CC(C)n1nccc1NC(=O)COC(=O)c1ccc(O)cc1O. The van der Waals surface area contributed by atoms with Gasteiger partial charge in [-0.2, -0.15) is 5.10 Å². The predicted molar refractivity (Wildman–Crippen MR) is 81.3 cm³/mol. The summed E-state index contributed by atoms with van der Waals surface area (Å²) in [7, 11) is 0. The molecule has 23 heavy (non-hydrogen) atoms. The number of carbonyl (C=O) groups is 2. The van der Waals surface area contributed by atoms with Crippen LogP contribution in [-0.4, -0.2) is 38.5 Å². The van der Waals surface area contributed by atoms with Crippen LogP contribution in [0.2, 0.25) is 0 Å². The Morgan fingerprint density at radius 1 is 1.30 bits per heavy atom. The average molecular weight is 319 g/mol. The summed E-state index contributed by atoms with van der Waals surface area (Å²) in [6, 6.07) is 5.15. The summed E-state index contributed by atoms with van der Waals surface area (Å²) >= 11 is 0. The number of benzene rings is 1. The van der Waals surface area contributed by atoms with E-state index in [-0.39, 0.29) is 17.4 Å². The Balaban J connectivity index is 1.93. The van der Waals surface area contributed by atoms with Gasteiger partial charge >= 0.3 is 5.97 Å². The lowest BCUT2D eigenvalue weighted by molar-refractivity contribution is -0.119. The van der Waals surface area contributed by atoms with Gasteiger partial charge in [0.1, 0.15) is 22.9 Å². The van der Waals surface area contributed by atoms with Crippen LogP contribution in [0.3, 0.4) is 0 Å². The molecule has 1 amide bonds. The van der Waals surface area contributed by atoms with Crippen LogP contribution in [0.1, 0.15) is 30.2 Å². The Bertz CT molecular complexity index is 724. The summed E-state index contributed by atoms with van der Waals surface area (Å²) in [4.78, 5) is 23.6. The molecular formula is C15H17N3O5. The minimum atomic E-state index is -0.866. The molecule has 8 heteroatoms. The predicted octanol–water partition coefficient (Wildman–Crippen LogP) is 1.67. The summed E-state index contributed by atoms with van der Waals surface area (Å²) in [5.41, 5.74) is -0.136. The molecule has 8 nitrogen and oxygen atoms in total. The Labute approximate surface area is 132 Å². The number of rotatable bonds is 5. The van der Waals surface area contributed by atoms with Crippen molar-refractivity contribution in [3.05, 3.63) is 36.0 Å². The maximum Gasteiger partial charge on any atom is 0.342 e. The van der Waals surface area contributed by atoms with E-state index in [9.17, 15) is 14.7 Å². The first-order chi connectivity index (χ1) is 10.9. The first-order valence-electron chi connectivity index (χ1n) is 6.91. The van der Waals surface area contributed by atoms with Crippen molar-refractivity contribution < 1.29 is 24.5 Å². The van der Waals surface area contributed by atoms with Gasteiger partial charge in [-0.15, -0.1) is 0 Å². The molecule has 0 spiro atoms. The second-order valence-electron chi connectivity index (χ2n) is 5.08. The van der Waals surface area contributed by atoms with Crippen LogP contribution in [0, 0.1) is 0 Å². The van der Waals surface area contributed by atoms with Crippen LogP contribution < -0.4 is 5.32 Å². The molecule has 2 rings (SSSR count). The standard InChI is InChI=1S/C15H17N3O5/c1-9(2)18-13(5-6-16-18)17-14(21)8-23-15(22)11-4-3-10(19)7-12(11)20/h3-7,9,19-20H,8H2,1-2H3,(H,17,21). The van der Waals surface area contributed by atoms with Crippen LogP contribution in [0.4, 0.5) is 5.82 Å². The number of phenols is 2. The van der Waals surface area contributed by atoms with Crippen LogP contribution in [-0.2, 0) is 9.53 Å². The van der Waals surface area contributed by atoms with E-state index in [4.69, 9.17) is 9.84 Å². The van der Waals surface area contributed by atoms with Gasteiger partial charge in [-0.05, 0) is 26.0 Å². The van der Waals surface area contributed by atoms with E-state index < -0.39 is 24.2 Å². The molecule has 0 aliphatic carbocycles. The summed E-state index contributed by atoms with van der Waals surface area (Å²) in [6.45, 7) is 3.31. The Morgan fingerprint density at radius 2 is 2.04 bits per heavy atom. The molecular weight excluding hydrogens is 302 g/mol. The normalized spacial score (nSPS) is 10.6. The number of phenolic OH excluding ortho intramolecular Hbond substituents is 2. The molecule has 0 saturated carbocycles. The molecule has 0 fully saturated rings. The second kappa shape index (κ2) is 6.82. The number of ether oxygens (including phenoxy) is 1. The molecule has 1 heterocycles. The number of hydrogen-bond donors (Lipinski definition) is 3. The van der Waals surface area contributed by atoms with E-state index >= 15 is 0 Å². The van der Waals surface area contributed by atoms with Gasteiger partial charge in [0, 0.05) is 18.2 Å². The van der Waals surface area contributed by atoms with Crippen LogP contribution in [0.15, 0.2) is 30.5 Å². The van der Waals surface area contributed by atoms with Crippen LogP contribution >= 0.6 is 0 Å². The molecule has 0 aliphatic rings. The first kappa shape index (κ1) is 16.3. The number of carbonyl (C=O) groups excluding carboxylic acids is 2. The zero-order valence-electron chi connectivity index (χ0n) is 12.7. The van der Waals surface area contributed by atoms with Crippen molar-refractivity contribution in [2.24, 2.45) is 0 Å². The number of aromatic nitrogens is 2. The summed E-state index contributed by atoms with van der Waals surface area (Å²) in [6.07, 6.45) is 1.55. The molecule has 0 bridgehead atoms. The molecule has 0 radical (unpaired) electrons. The van der Waals surface area contributed by atoms with Gasteiger partial charge in [-0.1, -0.05) is 0 Å². The van der Waals surface area contributed by atoms with Crippen molar-refractivity contribution in [2.45, 2.75) is 19.9 Å². The third-order valence-electron chi connectivity index (χ3n) is 2.96. The second-order valence-corrected chi connectivity index (χ2v) is 5.08. The Kier molecular flexibility index (Phi) is 4.85. The number of esters is 1. The highest BCUT2D eigenvalue weighted by molar-refractivity contribution is 5.96. The van der Waals surface area contributed by atoms with Gasteiger partial charge in [0.25, 0.3) is 5.91 Å². The molecule has 0 aliphatic heterocycles. The number of nitrogens with one attached hydrogen (secondary N) is 1. The quantitative estimate of drug-likeness (QED) is 0.722. The largest absolute Gasteiger partial charge is 0.508 e. The molecule has 122 valence electrons. The van der Waals surface area contributed by atoms with Gasteiger partial charge in [0.2, 0.25) is 0 Å². The lowest BCUT2D eigenvalue weighted by Crippen LogP contribution is -2.23. The van der Waals surface area contributed by atoms with Gasteiger partial charge in [-0.25, -0.2) is 9.48 Å². The van der Waals surface area contributed by atoms with Crippen molar-refractivity contribution >= 4 is 17.7 Å². The van der Waals surface area contributed by atoms with E-state index in [0.29, 0.717) is 5.82 Å². The average Bonchev–Trinajstić information content (AvgIpc) is 2.93. The fourth-order valence-corrected chi connectivity index (χ4v) is 1.91. The van der Waals surface area contributed by atoms with E-state index in [0.717, 1.165) is 6.07 Å². The number of anilines is 1. The third kappa shape index (κ3) is 4.00. The van der Waals surface area contributed by atoms with Crippen molar-refractivity contribution in [1.82, 2.24) is 9.78 Å². The molecule has 2 aromatic rings. The van der Waals surface area contributed by atoms with E-state index in [2.05, 4.69) is 10.4 Å². The lowest BCUT2D eigenvalue weighted by atomic mass is 10.2. The fourth-order valence-electron chi connectivity index (χ4n) is 1.91. The highest BCUT2D eigenvalue weighted by atomic mass is 16.5. The Hall–Kier alpha value is -3.03. The van der Waals surface area contributed by atoms with Gasteiger partial charge < -0.3 is 20.3 Å². The van der Waals surface area contributed by atoms with E-state index in [1.165, 1.54) is 12.1 Å². The van der Waals surface area contributed by atoms with Crippen molar-refractivity contribution in [2.75, 3.05) is 11.9 Å². The Morgan fingerprint density at radius 3 is 2.70 bits per heavy atom. The molecule has 1 aromatic heterocycles. The number of nitrogens with zero attached hydrogens (tertiary/aromatic N) is 2. The third-order valence-corrected chi connectivity index (χ3v) is 2.96. The van der Waals surface area contributed by atoms with Gasteiger partial charge in [0.15, 0.2) is 6.61 Å². The fraction of sp³-hybridized carbons (Fsp3) is 0.267. The van der Waals surface area contributed by atoms with Crippen LogP contribution in [0.25, 0.3) is 0 Å². The highest BCUT2D eigenvalue weighted by Crippen LogP contribution is 2.23. The van der Waals surface area contributed by atoms with Crippen molar-refractivity contribution in [1.29, 1.82) is 0 Å². The molecule has 0 unspecified atom stereocenters. The zero-order chi connectivity index (χ0) is 17.0. The van der Waals surface area contributed by atoms with Crippen molar-refractivity contribution in [3.8, 4) is 11.5 Å². The minimum absolute atomic E-state index is 0.0665.